The van der Waals surface area contributed by atoms with Crippen molar-refractivity contribution in [3.63, 3.8) is 0 Å². The molecule has 0 unspecified atom stereocenters. The van der Waals surface area contributed by atoms with Crippen molar-refractivity contribution >= 4 is 22.1 Å². The minimum absolute atomic E-state index is 0.212. The molecule has 2 aromatic heterocycles. The third-order valence-corrected chi connectivity index (χ3v) is 6.66. The van der Waals surface area contributed by atoms with E-state index >= 15 is 0 Å². The second-order valence-corrected chi connectivity index (χ2v) is 8.71. The van der Waals surface area contributed by atoms with E-state index in [4.69, 9.17) is 0 Å². The molecule has 1 aliphatic rings. The number of piperidine rings is 1. The molecule has 0 bridgehead atoms. The van der Waals surface area contributed by atoms with Gasteiger partial charge in [0.2, 0.25) is 10.0 Å². The quantitative estimate of drug-likeness (QED) is 0.498. The Bertz CT molecular complexity index is 1060. The number of aromatic nitrogens is 3. The summed E-state index contributed by atoms with van der Waals surface area (Å²) in [5.41, 5.74) is 4.76. The number of pyridine rings is 1. The summed E-state index contributed by atoms with van der Waals surface area (Å²) in [4.78, 5) is 8.42. The number of hydrogen-bond acceptors (Lipinski definition) is 6. The van der Waals surface area contributed by atoms with E-state index in [0.29, 0.717) is 18.9 Å². The highest BCUT2D eigenvalue weighted by molar-refractivity contribution is 7.89. The lowest BCUT2D eigenvalue weighted by Gasteiger charge is -2.25. The molecule has 0 radical (unpaired) electrons. The van der Waals surface area contributed by atoms with Crippen molar-refractivity contribution in [2.75, 3.05) is 18.5 Å². The van der Waals surface area contributed by atoms with Gasteiger partial charge in [0, 0.05) is 37.4 Å². The molecule has 4 rings (SSSR count). The van der Waals surface area contributed by atoms with E-state index in [1.807, 2.05) is 35.0 Å². The molecule has 0 atom stereocenters. The molecular formula is C20H22N6O2S. The van der Waals surface area contributed by atoms with Crippen molar-refractivity contribution in [3.05, 3.63) is 66.9 Å². The van der Waals surface area contributed by atoms with E-state index in [0.717, 1.165) is 30.5 Å². The maximum atomic E-state index is 12.6. The highest BCUT2D eigenvalue weighted by Gasteiger charge is 2.26. The maximum absolute atomic E-state index is 12.6. The first kappa shape index (κ1) is 19.3. The molecule has 29 heavy (non-hydrogen) atoms. The number of imidazole rings is 1. The van der Waals surface area contributed by atoms with E-state index in [9.17, 15) is 8.42 Å². The predicted molar refractivity (Wildman–Crippen MR) is 112 cm³/mol. The number of rotatable bonds is 6. The zero-order chi connectivity index (χ0) is 20.1. The monoisotopic (exact) mass is 410 g/mol. The van der Waals surface area contributed by atoms with Crippen LogP contribution < -0.4 is 5.43 Å². The smallest absolute Gasteiger partial charge is 0.244 e. The molecule has 0 amide bonds. The first-order valence-corrected chi connectivity index (χ1v) is 10.9. The molecule has 1 fully saturated rings. The van der Waals surface area contributed by atoms with Gasteiger partial charge >= 0.3 is 0 Å². The zero-order valence-electron chi connectivity index (χ0n) is 15.8. The van der Waals surface area contributed by atoms with Crippen molar-refractivity contribution in [2.24, 2.45) is 5.10 Å². The topological polar surface area (TPSA) is 92.5 Å². The second kappa shape index (κ2) is 8.54. The van der Waals surface area contributed by atoms with Crippen LogP contribution in [0.4, 0.5) is 5.82 Å². The fourth-order valence-electron chi connectivity index (χ4n) is 3.17. The van der Waals surface area contributed by atoms with Gasteiger partial charge in [0.1, 0.15) is 10.7 Å². The van der Waals surface area contributed by atoms with Crippen LogP contribution in [0.3, 0.4) is 0 Å². The highest BCUT2D eigenvalue weighted by atomic mass is 32.2. The molecule has 1 saturated heterocycles. The van der Waals surface area contributed by atoms with Crippen LogP contribution in [0.15, 0.2) is 71.3 Å². The molecule has 3 heterocycles. The summed E-state index contributed by atoms with van der Waals surface area (Å²) in [6.45, 7) is 1.15. The van der Waals surface area contributed by atoms with Crippen LogP contribution in [0.25, 0.3) is 5.69 Å². The number of benzene rings is 1. The number of nitrogens with zero attached hydrogens (tertiary/aromatic N) is 5. The van der Waals surface area contributed by atoms with Crippen molar-refractivity contribution in [1.29, 1.82) is 0 Å². The number of hydrazone groups is 1. The van der Waals surface area contributed by atoms with Gasteiger partial charge in [-0.15, -0.1) is 0 Å². The Morgan fingerprint density at radius 2 is 1.83 bits per heavy atom. The van der Waals surface area contributed by atoms with Gasteiger partial charge in [0.15, 0.2) is 0 Å². The molecule has 1 aliphatic heterocycles. The van der Waals surface area contributed by atoms with Crippen LogP contribution in [0.2, 0.25) is 0 Å². The third kappa shape index (κ3) is 4.52. The third-order valence-electron chi connectivity index (χ3n) is 4.78. The largest absolute Gasteiger partial charge is 0.306 e. The average Bonchev–Trinajstić information content (AvgIpc) is 3.30. The van der Waals surface area contributed by atoms with Crippen LogP contribution in [0.5, 0.6) is 0 Å². The van der Waals surface area contributed by atoms with E-state index in [1.165, 1.54) is 10.5 Å². The molecule has 1 aromatic carbocycles. The standard InChI is InChI=1S/C20H22N6O2S/c27-29(28,26-11-2-1-3-12-26)19-8-9-20(22-15-19)24-23-14-17-4-6-18(7-5-17)25-13-10-21-16-25/h4-10,13-16H,1-3,11-12H2,(H,22,24)/b23-14+. The second-order valence-electron chi connectivity index (χ2n) is 6.78. The van der Waals surface area contributed by atoms with Crippen LogP contribution in [-0.4, -0.2) is 46.6 Å². The van der Waals surface area contributed by atoms with E-state index in [1.54, 1.807) is 30.9 Å². The molecule has 3 aromatic rings. The molecular weight excluding hydrogens is 388 g/mol. The van der Waals surface area contributed by atoms with Gasteiger partial charge < -0.3 is 4.57 Å². The fraction of sp³-hybridized carbons (Fsp3) is 0.250. The summed E-state index contributed by atoms with van der Waals surface area (Å²) in [7, 11) is -3.47. The Kier molecular flexibility index (Phi) is 5.68. The lowest BCUT2D eigenvalue weighted by atomic mass is 10.2. The van der Waals surface area contributed by atoms with E-state index in [2.05, 4.69) is 20.5 Å². The summed E-state index contributed by atoms with van der Waals surface area (Å²) in [5.74, 6) is 0.480. The fourth-order valence-corrected chi connectivity index (χ4v) is 4.63. The van der Waals surface area contributed by atoms with Gasteiger partial charge in [0.25, 0.3) is 0 Å². The molecule has 1 N–H and O–H groups in total. The van der Waals surface area contributed by atoms with Crippen molar-refractivity contribution < 1.29 is 8.42 Å². The van der Waals surface area contributed by atoms with Gasteiger partial charge in [-0.05, 0) is 42.7 Å². The number of anilines is 1. The molecule has 9 heteroatoms. The van der Waals surface area contributed by atoms with Gasteiger partial charge in [-0.25, -0.2) is 18.4 Å². The maximum Gasteiger partial charge on any atom is 0.244 e. The van der Waals surface area contributed by atoms with Gasteiger partial charge in [-0.2, -0.15) is 9.41 Å². The molecule has 0 aliphatic carbocycles. The van der Waals surface area contributed by atoms with E-state index < -0.39 is 10.0 Å². The van der Waals surface area contributed by atoms with Gasteiger partial charge in [-0.3, -0.25) is 5.43 Å². The predicted octanol–water partition coefficient (Wildman–Crippen LogP) is 2.89. The first-order chi connectivity index (χ1) is 14.1. The summed E-state index contributed by atoms with van der Waals surface area (Å²) in [6, 6.07) is 11.0. The van der Waals surface area contributed by atoms with Gasteiger partial charge in [-0.1, -0.05) is 18.6 Å². The van der Waals surface area contributed by atoms with Crippen LogP contribution in [0, 0.1) is 0 Å². The van der Waals surface area contributed by atoms with Crippen LogP contribution in [-0.2, 0) is 10.0 Å². The minimum atomic E-state index is -3.47. The summed E-state index contributed by atoms with van der Waals surface area (Å²) >= 11 is 0. The molecule has 0 spiro atoms. The first-order valence-electron chi connectivity index (χ1n) is 9.47. The lowest BCUT2D eigenvalue weighted by Crippen LogP contribution is -2.35. The number of hydrogen-bond donors (Lipinski definition) is 1. The lowest BCUT2D eigenvalue weighted by molar-refractivity contribution is 0.346. The Morgan fingerprint density at radius 3 is 2.48 bits per heavy atom. The van der Waals surface area contributed by atoms with E-state index in [-0.39, 0.29) is 4.90 Å². The Hall–Kier alpha value is -3.04. The van der Waals surface area contributed by atoms with Crippen molar-refractivity contribution in [2.45, 2.75) is 24.2 Å². The van der Waals surface area contributed by atoms with Crippen molar-refractivity contribution in [1.82, 2.24) is 18.8 Å². The number of sulfonamides is 1. The Labute approximate surface area is 170 Å². The molecule has 0 saturated carbocycles. The van der Waals surface area contributed by atoms with Crippen LogP contribution in [0.1, 0.15) is 24.8 Å². The average molecular weight is 411 g/mol. The van der Waals surface area contributed by atoms with Crippen LogP contribution >= 0.6 is 0 Å². The highest BCUT2D eigenvalue weighted by Crippen LogP contribution is 2.20. The molecule has 150 valence electrons. The van der Waals surface area contributed by atoms with Gasteiger partial charge in [0.05, 0.1) is 12.5 Å². The summed E-state index contributed by atoms with van der Waals surface area (Å²) in [6.07, 6.45) is 11.3. The zero-order valence-corrected chi connectivity index (χ0v) is 16.7. The van der Waals surface area contributed by atoms with Crippen molar-refractivity contribution in [3.8, 4) is 5.69 Å². The Morgan fingerprint density at radius 1 is 1.03 bits per heavy atom. The summed E-state index contributed by atoms with van der Waals surface area (Å²) in [5, 5.41) is 4.17. The SMILES string of the molecule is O=S(=O)(c1ccc(N/N=C/c2ccc(-n3ccnc3)cc2)nc1)N1CCCCC1. The Balaban J connectivity index is 1.37. The normalized spacial score (nSPS) is 15.6. The molecule has 8 nitrogen and oxygen atoms in total. The number of nitrogens with one attached hydrogen (secondary N) is 1. The minimum Gasteiger partial charge on any atom is -0.306 e. The summed E-state index contributed by atoms with van der Waals surface area (Å²) < 4.78 is 28.7.